The lowest BCUT2D eigenvalue weighted by Crippen LogP contribution is -2.33. The van der Waals surface area contributed by atoms with Gasteiger partial charge in [0.25, 0.3) is 5.91 Å². The van der Waals surface area contributed by atoms with E-state index in [4.69, 9.17) is 0 Å². The standard InChI is InChI=1S/C13H22N2O2/c1-3-6-11(16)10-14-13(17)12-7-5-9-15(12)8-4-2/h5,7,9,11,16H,3-4,6,8,10H2,1-2H3,(H,14,17). The largest absolute Gasteiger partial charge is 0.391 e. The summed E-state index contributed by atoms with van der Waals surface area (Å²) in [7, 11) is 0. The summed E-state index contributed by atoms with van der Waals surface area (Å²) in [5.41, 5.74) is 0.663. The summed E-state index contributed by atoms with van der Waals surface area (Å²) in [6.07, 6.45) is 4.09. The molecule has 0 aromatic carbocycles. The van der Waals surface area contributed by atoms with Crippen LogP contribution < -0.4 is 5.32 Å². The van der Waals surface area contributed by atoms with Crippen molar-refractivity contribution in [2.24, 2.45) is 0 Å². The molecule has 4 nitrogen and oxygen atoms in total. The van der Waals surface area contributed by atoms with E-state index in [0.717, 1.165) is 25.8 Å². The number of nitrogens with zero attached hydrogens (tertiary/aromatic N) is 1. The zero-order chi connectivity index (χ0) is 12.7. The molecule has 1 aromatic heterocycles. The Hall–Kier alpha value is -1.29. The Bertz CT molecular complexity index is 347. The van der Waals surface area contributed by atoms with Crippen molar-refractivity contribution in [2.45, 2.75) is 45.8 Å². The smallest absolute Gasteiger partial charge is 0.267 e. The third-order valence-corrected chi connectivity index (χ3v) is 2.65. The number of carbonyl (C=O) groups excluding carboxylic acids is 1. The molecule has 0 spiro atoms. The fourth-order valence-electron chi connectivity index (χ4n) is 1.79. The summed E-state index contributed by atoms with van der Waals surface area (Å²) in [5.74, 6) is -0.112. The average molecular weight is 238 g/mol. The van der Waals surface area contributed by atoms with Gasteiger partial charge in [0.1, 0.15) is 5.69 Å². The van der Waals surface area contributed by atoms with E-state index in [1.165, 1.54) is 0 Å². The Morgan fingerprint density at radius 3 is 2.88 bits per heavy atom. The fourth-order valence-corrected chi connectivity index (χ4v) is 1.79. The van der Waals surface area contributed by atoms with Crippen LogP contribution in [-0.2, 0) is 6.54 Å². The Labute approximate surface area is 103 Å². The Balaban J connectivity index is 2.49. The molecule has 1 rings (SSSR count). The molecule has 0 saturated heterocycles. The molecule has 1 aromatic rings. The van der Waals surface area contributed by atoms with Crippen LogP contribution in [0.25, 0.3) is 0 Å². The second-order valence-corrected chi connectivity index (χ2v) is 4.24. The van der Waals surface area contributed by atoms with Gasteiger partial charge in [0, 0.05) is 19.3 Å². The van der Waals surface area contributed by atoms with Gasteiger partial charge in [-0.1, -0.05) is 20.3 Å². The van der Waals surface area contributed by atoms with Crippen molar-refractivity contribution in [3.05, 3.63) is 24.0 Å². The van der Waals surface area contributed by atoms with Crippen LogP contribution in [0.5, 0.6) is 0 Å². The van der Waals surface area contributed by atoms with Crippen molar-refractivity contribution in [1.82, 2.24) is 9.88 Å². The number of aliphatic hydroxyl groups is 1. The SMILES string of the molecule is CCCC(O)CNC(=O)c1cccn1CCC. The first kappa shape index (κ1) is 13.8. The Morgan fingerprint density at radius 2 is 2.24 bits per heavy atom. The van der Waals surface area contributed by atoms with E-state index in [2.05, 4.69) is 12.2 Å². The van der Waals surface area contributed by atoms with E-state index >= 15 is 0 Å². The third-order valence-electron chi connectivity index (χ3n) is 2.65. The molecule has 1 unspecified atom stereocenters. The first-order chi connectivity index (χ1) is 8.19. The number of aryl methyl sites for hydroxylation is 1. The van der Waals surface area contributed by atoms with Crippen molar-refractivity contribution < 1.29 is 9.90 Å². The molecule has 4 heteroatoms. The van der Waals surface area contributed by atoms with Crippen LogP contribution in [0.1, 0.15) is 43.6 Å². The second kappa shape index (κ2) is 7.12. The van der Waals surface area contributed by atoms with E-state index < -0.39 is 6.10 Å². The monoisotopic (exact) mass is 238 g/mol. The normalized spacial score (nSPS) is 12.4. The zero-order valence-electron chi connectivity index (χ0n) is 10.6. The van der Waals surface area contributed by atoms with Gasteiger partial charge in [-0.25, -0.2) is 0 Å². The van der Waals surface area contributed by atoms with Crippen molar-refractivity contribution >= 4 is 5.91 Å². The van der Waals surface area contributed by atoms with Crippen LogP contribution in [0, 0.1) is 0 Å². The summed E-state index contributed by atoms with van der Waals surface area (Å²) >= 11 is 0. The lowest BCUT2D eigenvalue weighted by molar-refractivity contribution is 0.0901. The van der Waals surface area contributed by atoms with Crippen LogP contribution in [0.3, 0.4) is 0 Å². The molecule has 0 fully saturated rings. The predicted octanol–water partition coefficient (Wildman–Crippen LogP) is 1.79. The topological polar surface area (TPSA) is 54.3 Å². The van der Waals surface area contributed by atoms with Crippen LogP contribution in [0.15, 0.2) is 18.3 Å². The molecular formula is C13H22N2O2. The summed E-state index contributed by atoms with van der Waals surface area (Å²) in [6, 6.07) is 3.67. The molecule has 0 aliphatic heterocycles. The molecule has 0 saturated carbocycles. The number of aliphatic hydroxyl groups excluding tert-OH is 1. The van der Waals surface area contributed by atoms with E-state index in [9.17, 15) is 9.90 Å². The molecule has 0 aliphatic rings. The first-order valence-corrected chi connectivity index (χ1v) is 6.30. The van der Waals surface area contributed by atoms with E-state index in [1.807, 2.05) is 23.8 Å². The van der Waals surface area contributed by atoms with Gasteiger partial charge < -0.3 is 15.0 Å². The third kappa shape index (κ3) is 4.23. The number of aromatic nitrogens is 1. The number of nitrogens with one attached hydrogen (secondary N) is 1. The Morgan fingerprint density at radius 1 is 1.47 bits per heavy atom. The second-order valence-electron chi connectivity index (χ2n) is 4.24. The van der Waals surface area contributed by atoms with Crippen molar-refractivity contribution in [2.75, 3.05) is 6.54 Å². The Kier molecular flexibility index (Phi) is 5.77. The van der Waals surface area contributed by atoms with Crippen molar-refractivity contribution in [1.29, 1.82) is 0 Å². The number of carbonyl (C=O) groups is 1. The maximum Gasteiger partial charge on any atom is 0.267 e. The van der Waals surface area contributed by atoms with E-state index in [-0.39, 0.29) is 5.91 Å². The van der Waals surface area contributed by atoms with Crippen LogP contribution in [0.2, 0.25) is 0 Å². The van der Waals surface area contributed by atoms with Gasteiger partial charge in [0.2, 0.25) is 0 Å². The van der Waals surface area contributed by atoms with Crippen LogP contribution >= 0.6 is 0 Å². The molecule has 0 radical (unpaired) electrons. The maximum absolute atomic E-state index is 11.9. The summed E-state index contributed by atoms with van der Waals surface area (Å²) in [6.45, 7) is 5.25. The highest BCUT2D eigenvalue weighted by Crippen LogP contribution is 2.04. The summed E-state index contributed by atoms with van der Waals surface area (Å²) in [5, 5.41) is 12.3. The fraction of sp³-hybridized carbons (Fsp3) is 0.615. The first-order valence-electron chi connectivity index (χ1n) is 6.30. The van der Waals surface area contributed by atoms with Gasteiger partial charge in [0.05, 0.1) is 6.10 Å². The van der Waals surface area contributed by atoms with Gasteiger partial charge >= 0.3 is 0 Å². The minimum atomic E-state index is -0.446. The summed E-state index contributed by atoms with van der Waals surface area (Å²) in [4.78, 5) is 11.9. The van der Waals surface area contributed by atoms with Crippen molar-refractivity contribution in [3.8, 4) is 0 Å². The van der Waals surface area contributed by atoms with Gasteiger partial charge in [0.15, 0.2) is 0 Å². The zero-order valence-corrected chi connectivity index (χ0v) is 10.6. The molecule has 1 heterocycles. The van der Waals surface area contributed by atoms with Gasteiger partial charge in [-0.2, -0.15) is 0 Å². The number of amides is 1. The van der Waals surface area contributed by atoms with E-state index in [1.54, 1.807) is 6.07 Å². The summed E-state index contributed by atoms with van der Waals surface area (Å²) < 4.78 is 1.93. The molecule has 0 bridgehead atoms. The molecular weight excluding hydrogens is 216 g/mol. The lowest BCUT2D eigenvalue weighted by Gasteiger charge is -2.12. The highest BCUT2D eigenvalue weighted by molar-refractivity contribution is 5.92. The van der Waals surface area contributed by atoms with Crippen molar-refractivity contribution in [3.63, 3.8) is 0 Å². The molecule has 17 heavy (non-hydrogen) atoms. The predicted molar refractivity (Wildman–Crippen MR) is 68.0 cm³/mol. The molecule has 1 atom stereocenters. The molecule has 2 N–H and O–H groups in total. The van der Waals surface area contributed by atoms with Crippen LogP contribution in [0.4, 0.5) is 0 Å². The number of rotatable bonds is 7. The maximum atomic E-state index is 11.9. The highest BCUT2D eigenvalue weighted by Gasteiger charge is 2.11. The van der Waals surface area contributed by atoms with Crippen LogP contribution in [-0.4, -0.2) is 28.2 Å². The molecule has 0 aliphatic carbocycles. The quantitative estimate of drug-likeness (QED) is 0.761. The molecule has 1 amide bonds. The van der Waals surface area contributed by atoms with Gasteiger partial charge in [-0.3, -0.25) is 4.79 Å². The minimum absolute atomic E-state index is 0.112. The van der Waals surface area contributed by atoms with Gasteiger partial charge in [-0.05, 0) is 25.0 Å². The number of hydrogen-bond donors (Lipinski definition) is 2. The van der Waals surface area contributed by atoms with E-state index in [0.29, 0.717) is 12.2 Å². The highest BCUT2D eigenvalue weighted by atomic mass is 16.3. The van der Waals surface area contributed by atoms with Gasteiger partial charge in [-0.15, -0.1) is 0 Å². The molecule has 96 valence electrons. The average Bonchev–Trinajstić information content (AvgIpc) is 2.75. The minimum Gasteiger partial charge on any atom is -0.391 e. The lowest BCUT2D eigenvalue weighted by atomic mass is 10.2. The number of hydrogen-bond acceptors (Lipinski definition) is 2.